The number of esters is 2. The molecule has 15 heteroatoms. The first-order chi connectivity index (χ1) is 18.6. The van der Waals surface area contributed by atoms with Crippen molar-refractivity contribution >= 4 is 31.0 Å². The summed E-state index contributed by atoms with van der Waals surface area (Å²) in [4.78, 5) is 33.6. The Balaban J connectivity index is 2.15. The summed E-state index contributed by atoms with van der Waals surface area (Å²) in [5, 5.41) is 8.66. The molecular formula is C24H43N8O6P. The average molecular weight is 571 g/mol. The second-order valence-corrected chi connectivity index (χ2v) is 11.2. The molecular weight excluding hydrogens is 527 g/mol. The van der Waals surface area contributed by atoms with Crippen molar-refractivity contribution in [3.63, 3.8) is 0 Å². The molecule has 2 atom stereocenters. The predicted molar refractivity (Wildman–Crippen MR) is 149 cm³/mol. The molecule has 1 aliphatic rings. The number of nitrogens with zero attached hydrogens (tertiary/aromatic N) is 3. The highest BCUT2D eigenvalue weighted by Crippen LogP contribution is 2.38. The largest absolute Gasteiger partial charge is 0.465 e. The molecule has 1 fully saturated rings. The molecule has 2 unspecified atom stereocenters. The Kier molecular flexibility index (Phi) is 12.9. The van der Waals surface area contributed by atoms with Gasteiger partial charge in [0.05, 0.1) is 38.0 Å². The lowest BCUT2D eigenvalue weighted by molar-refractivity contribution is -0.145. The van der Waals surface area contributed by atoms with E-state index in [1.54, 1.807) is 38.6 Å². The zero-order chi connectivity index (χ0) is 29.0. The van der Waals surface area contributed by atoms with Gasteiger partial charge in [-0.15, -0.1) is 0 Å². The number of carbonyl (C=O) groups is 2. The van der Waals surface area contributed by atoms with E-state index in [4.69, 9.17) is 25.7 Å². The van der Waals surface area contributed by atoms with E-state index in [-0.39, 0.29) is 38.0 Å². The number of nitrogens with one attached hydrogen (secondary N) is 3. The molecule has 220 valence electrons. The summed E-state index contributed by atoms with van der Waals surface area (Å²) in [6.07, 6.45) is 3.89. The van der Waals surface area contributed by atoms with Crippen LogP contribution >= 0.6 is 7.44 Å². The van der Waals surface area contributed by atoms with Gasteiger partial charge in [0.1, 0.15) is 35.8 Å². The number of anilines is 1. The van der Waals surface area contributed by atoms with E-state index in [2.05, 4.69) is 32.0 Å². The third-order valence-corrected chi connectivity index (χ3v) is 7.67. The first-order valence-electron chi connectivity index (χ1n) is 13.2. The smallest absolute Gasteiger partial charge is 0.323 e. The van der Waals surface area contributed by atoms with E-state index in [1.807, 2.05) is 0 Å². The van der Waals surface area contributed by atoms with Gasteiger partial charge >= 0.3 is 11.9 Å². The molecule has 7 N–H and O–H groups in total. The van der Waals surface area contributed by atoms with Crippen molar-refractivity contribution in [3.05, 3.63) is 24.4 Å². The van der Waals surface area contributed by atoms with Crippen LogP contribution < -0.4 is 27.0 Å². The van der Waals surface area contributed by atoms with E-state index >= 15 is 0 Å². The fourth-order valence-electron chi connectivity index (χ4n) is 3.56. The molecule has 0 spiro atoms. The molecule has 14 nitrogen and oxygen atoms in total. The van der Waals surface area contributed by atoms with Gasteiger partial charge in [-0.3, -0.25) is 19.1 Å². The summed E-state index contributed by atoms with van der Waals surface area (Å²) in [7, 11) is -3.63. The predicted octanol–water partition coefficient (Wildman–Crippen LogP) is 1.62. The van der Waals surface area contributed by atoms with Crippen LogP contribution in [0.3, 0.4) is 0 Å². The van der Waals surface area contributed by atoms with Crippen LogP contribution in [-0.2, 0) is 34.9 Å². The summed E-state index contributed by atoms with van der Waals surface area (Å²) >= 11 is 0. The Bertz CT molecular complexity index is 1030. The van der Waals surface area contributed by atoms with Crippen molar-refractivity contribution in [2.75, 3.05) is 31.5 Å². The maximum absolute atomic E-state index is 13.9. The molecule has 39 heavy (non-hydrogen) atoms. The van der Waals surface area contributed by atoms with Gasteiger partial charge in [-0.1, -0.05) is 20.4 Å². The number of aliphatic imine (C=N–C) groups is 1. The third-order valence-electron chi connectivity index (χ3n) is 5.66. The van der Waals surface area contributed by atoms with Crippen molar-refractivity contribution in [2.45, 2.75) is 78.0 Å². The first kappa shape index (κ1) is 32.3. The minimum Gasteiger partial charge on any atom is -0.465 e. The Morgan fingerprint density at radius 1 is 1.13 bits per heavy atom. The molecule has 1 heterocycles. The Morgan fingerprint density at radius 3 is 2.15 bits per heavy atom. The fraction of sp³-hybridized carbons (Fsp3) is 0.667. The molecule has 2 rings (SSSR count). The van der Waals surface area contributed by atoms with E-state index in [0.717, 1.165) is 12.8 Å². The van der Waals surface area contributed by atoms with Crippen LogP contribution in [0, 0.1) is 0 Å². The van der Waals surface area contributed by atoms with E-state index in [1.165, 1.54) is 0 Å². The normalized spacial score (nSPS) is 16.7. The quantitative estimate of drug-likeness (QED) is 0.0530. The SMILES string of the molecule is C=C(N)Nc1c(C(N)=NC2CC2)ncn1CCOCP(=O)(NC(CC)C(=O)OCC)NC(CC)C(=O)OCC. The number of hydrogen-bond donors (Lipinski definition) is 5. The van der Waals surface area contributed by atoms with Crippen molar-refractivity contribution in [3.8, 4) is 0 Å². The van der Waals surface area contributed by atoms with Crippen LogP contribution in [0.2, 0.25) is 0 Å². The number of carbonyl (C=O) groups excluding carboxylic acids is 2. The number of aromatic nitrogens is 2. The summed E-state index contributed by atoms with van der Waals surface area (Å²) in [6.45, 7) is 11.4. The number of nitrogens with two attached hydrogens (primary N) is 2. The number of amidine groups is 1. The van der Waals surface area contributed by atoms with Crippen LogP contribution in [0.1, 0.15) is 59.1 Å². The summed E-state index contributed by atoms with van der Waals surface area (Å²) in [6, 6.07) is -1.50. The zero-order valence-electron chi connectivity index (χ0n) is 23.3. The summed E-state index contributed by atoms with van der Waals surface area (Å²) in [5.74, 6) is -0.0760. The monoisotopic (exact) mass is 570 g/mol. The van der Waals surface area contributed by atoms with Gasteiger partial charge in [-0.25, -0.2) is 15.2 Å². The van der Waals surface area contributed by atoms with Crippen molar-refractivity contribution in [1.82, 2.24) is 19.7 Å². The van der Waals surface area contributed by atoms with Gasteiger partial charge in [0.15, 0.2) is 0 Å². The lowest BCUT2D eigenvalue weighted by Crippen LogP contribution is -2.44. The maximum atomic E-state index is 13.9. The Morgan fingerprint density at radius 2 is 1.69 bits per heavy atom. The molecule has 0 amide bonds. The van der Waals surface area contributed by atoms with Crippen LogP contribution in [-0.4, -0.2) is 71.6 Å². The molecule has 0 radical (unpaired) electrons. The minimum atomic E-state index is -3.63. The molecule has 0 aliphatic heterocycles. The van der Waals surface area contributed by atoms with Gasteiger partial charge in [-0.05, 0) is 39.5 Å². The maximum Gasteiger partial charge on any atom is 0.323 e. The van der Waals surface area contributed by atoms with Gasteiger partial charge in [0.2, 0.25) is 7.44 Å². The number of hydrogen-bond acceptors (Lipinski definition) is 10. The second kappa shape index (κ2) is 15.6. The second-order valence-electron chi connectivity index (χ2n) is 8.99. The molecule has 0 saturated heterocycles. The van der Waals surface area contributed by atoms with E-state index < -0.39 is 31.5 Å². The molecule has 1 saturated carbocycles. The van der Waals surface area contributed by atoms with E-state index in [9.17, 15) is 14.2 Å². The highest BCUT2D eigenvalue weighted by molar-refractivity contribution is 7.59. The van der Waals surface area contributed by atoms with Crippen LogP contribution in [0.4, 0.5) is 5.82 Å². The molecule has 1 aromatic heterocycles. The molecule has 1 aliphatic carbocycles. The van der Waals surface area contributed by atoms with Crippen molar-refractivity contribution < 1.29 is 28.4 Å². The van der Waals surface area contributed by atoms with Crippen LogP contribution in [0.5, 0.6) is 0 Å². The van der Waals surface area contributed by atoms with Crippen molar-refractivity contribution in [2.24, 2.45) is 16.5 Å². The fourth-order valence-corrected chi connectivity index (χ4v) is 5.75. The highest BCUT2D eigenvalue weighted by atomic mass is 31.2. The first-order valence-corrected chi connectivity index (χ1v) is 15.1. The van der Waals surface area contributed by atoms with Gasteiger partial charge < -0.3 is 35.6 Å². The topological polar surface area (TPSA) is 197 Å². The Labute approximate surface area is 229 Å². The van der Waals surface area contributed by atoms with Gasteiger partial charge in [0.25, 0.3) is 0 Å². The van der Waals surface area contributed by atoms with Crippen LogP contribution in [0.25, 0.3) is 0 Å². The lowest BCUT2D eigenvalue weighted by Gasteiger charge is -2.28. The van der Waals surface area contributed by atoms with Crippen LogP contribution in [0.15, 0.2) is 23.7 Å². The lowest BCUT2D eigenvalue weighted by atomic mass is 10.2. The zero-order valence-corrected chi connectivity index (χ0v) is 24.2. The molecule has 0 bridgehead atoms. The van der Waals surface area contributed by atoms with Gasteiger partial charge in [0, 0.05) is 6.54 Å². The average Bonchev–Trinajstić information content (AvgIpc) is 3.62. The summed E-state index contributed by atoms with van der Waals surface area (Å²) < 4.78 is 31.7. The van der Waals surface area contributed by atoms with Crippen molar-refractivity contribution in [1.29, 1.82) is 0 Å². The summed E-state index contributed by atoms with van der Waals surface area (Å²) in [5.41, 5.74) is 12.4. The number of ether oxygens (including phenoxy) is 3. The third kappa shape index (κ3) is 10.3. The highest BCUT2D eigenvalue weighted by Gasteiger charge is 2.34. The Hall–Kier alpha value is -2.93. The molecule has 0 aromatic carbocycles. The molecule has 1 aromatic rings. The number of imidazole rings is 1. The van der Waals surface area contributed by atoms with Gasteiger partial charge in [-0.2, -0.15) is 0 Å². The minimum absolute atomic E-state index is 0.112. The van der Waals surface area contributed by atoms with E-state index in [0.29, 0.717) is 36.7 Å². The number of rotatable bonds is 19. The standard InChI is InChI=1S/C24H43N8O6P/c1-6-18(23(33)37-8-3)30-39(35,31-19(7-2)24(34)38-9-4)15-36-13-12-32-14-27-20(22(32)28-16(5)25)21(26)29-17-10-11-17/h14,17-19,28H,5-13,15,25H2,1-4H3,(H2,26,29)(H2,30,31,35).